The first-order chi connectivity index (χ1) is 6.84. The number of aliphatic carboxylic acids is 1. The predicted octanol–water partition coefficient (Wildman–Crippen LogP) is -1.16. The zero-order valence-electron chi connectivity index (χ0n) is 8.06. The molecule has 0 aromatic heterocycles. The molecule has 0 rings (SSSR count). The van der Waals surface area contributed by atoms with Gasteiger partial charge in [0.05, 0.1) is 0 Å². The zero-order chi connectivity index (χ0) is 12.0. The topological polar surface area (TPSA) is 124 Å². The van der Waals surface area contributed by atoms with Crippen LogP contribution in [-0.4, -0.2) is 34.8 Å². The summed E-state index contributed by atoms with van der Waals surface area (Å²) in [5.74, 6) is -4.44. The van der Waals surface area contributed by atoms with Crippen LogP contribution in [0.3, 0.4) is 0 Å². The lowest BCUT2D eigenvalue weighted by Gasteiger charge is -2.07. The minimum absolute atomic E-state index is 0.153. The smallest absolute Gasteiger partial charge is 0.381 e. The number of Topliss-reactive ketones (excluding diaryl/α,β-unsaturated/α-hetero) is 1. The van der Waals surface area contributed by atoms with E-state index in [9.17, 15) is 19.2 Å². The summed E-state index contributed by atoms with van der Waals surface area (Å²) in [4.78, 5) is 42.1. The molecular formula is C8H11NO6. The summed E-state index contributed by atoms with van der Waals surface area (Å²) < 4.78 is 4.06. The molecule has 0 unspecified atom stereocenters. The average Bonchev–Trinajstić information content (AvgIpc) is 2.13. The Balaban J connectivity index is 4.04. The van der Waals surface area contributed by atoms with Gasteiger partial charge in [0.1, 0.15) is 6.04 Å². The van der Waals surface area contributed by atoms with E-state index < -0.39 is 29.7 Å². The molecule has 1 atom stereocenters. The quantitative estimate of drug-likeness (QED) is 0.338. The van der Waals surface area contributed by atoms with Gasteiger partial charge in [-0.3, -0.25) is 9.59 Å². The van der Waals surface area contributed by atoms with E-state index in [0.717, 1.165) is 6.92 Å². The number of ketones is 1. The number of esters is 2. The molecule has 7 heteroatoms. The monoisotopic (exact) mass is 217 g/mol. The Morgan fingerprint density at radius 3 is 2.27 bits per heavy atom. The minimum atomic E-state index is -1.30. The minimum Gasteiger partial charge on any atom is -0.481 e. The number of carbonyl (C=O) groups is 4. The van der Waals surface area contributed by atoms with E-state index in [1.54, 1.807) is 0 Å². The third-order valence-electron chi connectivity index (χ3n) is 1.45. The largest absolute Gasteiger partial charge is 0.481 e. The molecule has 0 aliphatic rings. The molecule has 0 saturated carbocycles. The molecule has 0 fully saturated rings. The van der Waals surface area contributed by atoms with Crippen LogP contribution in [-0.2, 0) is 23.9 Å². The summed E-state index contributed by atoms with van der Waals surface area (Å²) >= 11 is 0. The second kappa shape index (κ2) is 5.86. The molecule has 15 heavy (non-hydrogen) atoms. The highest BCUT2D eigenvalue weighted by atomic mass is 16.6. The first-order valence-electron chi connectivity index (χ1n) is 4.08. The van der Waals surface area contributed by atoms with Crippen LogP contribution in [0.5, 0.6) is 0 Å². The standard InChI is InChI=1S/C8H11NO6/c1-4(10)7(13)15-8(14)5(9)2-3-6(11)12/h5H,2-3,9H2,1H3,(H,11,12)/t5-/m0/s1. The maximum atomic E-state index is 11.0. The van der Waals surface area contributed by atoms with Crippen LogP contribution in [0.2, 0.25) is 0 Å². The van der Waals surface area contributed by atoms with Gasteiger partial charge in [0.25, 0.3) is 0 Å². The Morgan fingerprint density at radius 1 is 1.33 bits per heavy atom. The van der Waals surface area contributed by atoms with E-state index in [0.29, 0.717) is 0 Å². The van der Waals surface area contributed by atoms with Crippen LogP contribution in [0, 0.1) is 0 Å². The molecule has 84 valence electrons. The number of carboxylic acid groups (broad SMARTS) is 1. The highest BCUT2D eigenvalue weighted by Gasteiger charge is 2.21. The van der Waals surface area contributed by atoms with Gasteiger partial charge in [-0.2, -0.15) is 0 Å². The van der Waals surface area contributed by atoms with E-state index in [4.69, 9.17) is 10.8 Å². The molecule has 3 N–H and O–H groups in total. The molecule has 0 aromatic rings. The SMILES string of the molecule is CC(=O)C(=O)OC(=O)[C@@H](N)CCC(=O)O. The van der Waals surface area contributed by atoms with Crippen molar-refractivity contribution in [3.63, 3.8) is 0 Å². The van der Waals surface area contributed by atoms with Crippen molar-refractivity contribution < 1.29 is 29.0 Å². The summed E-state index contributed by atoms with van der Waals surface area (Å²) in [5.41, 5.74) is 5.21. The van der Waals surface area contributed by atoms with Crippen LogP contribution >= 0.6 is 0 Å². The van der Waals surface area contributed by atoms with Crippen molar-refractivity contribution in [1.29, 1.82) is 0 Å². The van der Waals surface area contributed by atoms with Crippen LogP contribution in [0.25, 0.3) is 0 Å². The Morgan fingerprint density at radius 2 is 1.87 bits per heavy atom. The van der Waals surface area contributed by atoms with E-state index in [1.165, 1.54) is 0 Å². The van der Waals surface area contributed by atoms with Crippen molar-refractivity contribution in [2.45, 2.75) is 25.8 Å². The Kier molecular flexibility index (Phi) is 5.18. The van der Waals surface area contributed by atoms with Gasteiger partial charge < -0.3 is 15.6 Å². The van der Waals surface area contributed by atoms with Crippen molar-refractivity contribution >= 4 is 23.7 Å². The molecule has 0 radical (unpaired) electrons. The Labute approximate surface area is 85.2 Å². The summed E-state index contributed by atoms with van der Waals surface area (Å²) in [6, 6.07) is -1.22. The summed E-state index contributed by atoms with van der Waals surface area (Å²) in [6.45, 7) is 0.943. The van der Waals surface area contributed by atoms with Gasteiger partial charge in [-0.15, -0.1) is 0 Å². The van der Waals surface area contributed by atoms with Gasteiger partial charge in [-0.05, 0) is 6.42 Å². The van der Waals surface area contributed by atoms with E-state index in [2.05, 4.69) is 4.74 Å². The first-order valence-corrected chi connectivity index (χ1v) is 4.08. The second-order valence-electron chi connectivity index (χ2n) is 2.80. The van der Waals surface area contributed by atoms with E-state index in [-0.39, 0.29) is 12.8 Å². The maximum absolute atomic E-state index is 11.0. The highest BCUT2D eigenvalue weighted by Crippen LogP contribution is 1.97. The van der Waals surface area contributed by atoms with Gasteiger partial charge >= 0.3 is 17.9 Å². The molecule has 7 nitrogen and oxygen atoms in total. The Hall–Kier alpha value is -1.76. The van der Waals surface area contributed by atoms with Crippen LogP contribution in [0.15, 0.2) is 0 Å². The van der Waals surface area contributed by atoms with E-state index in [1.807, 2.05) is 0 Å². The first kappa shape index (κ1) is 13.2. The van der Waals surface area contributed by atoms with E-state index >= 15 is 0 Å². The number of nitrogens with two attached hydrogens (primary N) is 1. The lowest BCUT2D eigenvalue weighted by molar-refractivity contribution is -0.164. The number of carboxylic acids is 1. The molecule has 0 aromatic carbocycles. The number of ether oxygens (including phenoxy) is 1. The molecule has 0 heterocycles. The number of hydrogen-bond acceptors (Lipinski definition) is 6. The number of carbonyl (C=O) groups excluding carboxylic acids is 3. The summed E-state index contributed by atoms with van der Waals surface area (Å²) in [5, 5.41) is 8.29. The maximum Gasteiger partial charge on any atom is 0.381 e. The van der Waals surface area contributed by atoms with Crippen molar-refractivity contribution in [2.24, 2.45) is 5.73 Å². The normalized spacial score (nSPS) is 11.6. The summed E-state index contributed by atoms with van der Waals surface area (Å²) in [6.07, 6.45) is -0.468. The van der Waals surface area contributed by atoms with Crippen molar-refractivity contribution in [3.8, 4) is 0 Å². The molecule has 0 saturated heterocycles. The van der Waals surface area contributed by atoms with Gasteiger partial charge in [0, 0.05) is 13.3 Å². The van der Waals surface area contributed by atoms with Crippen LogP contribution < -0.4 is 5.73 Å². The lowest BCUT2D eigenvalue weighted by Crippen LogP contribution is -2.35. The highest BCUT2D eigenvalue weighted by molar-refractivity contribution is 6.34. The third kappa shape index (κ3) is 5.53. The van der Waals surface area contributed by atoms with Gasteiger partial charge in [-0.25, -0.2) is 9.59 Å². The predicted molar refractivity (Wildman–Crippen MR) is 46.6 cm³/mol. The fourth-order valence-electron chi connectivity index (χ4n) is 0.636. The molecule has 0 aliphatic carbocycles. The van der Waals surface area contributed by atoms with Crippen molar-refractivity contribution in [3.05, 3.63) is 0 Å². The van der Waals surface area contributed by atoms with Gasteiger partial charge in [0.15, 0.2) is 0 Å². The fourth-order valence-corrected chi connectivity index (χ4v) is 0.636. The zero-order valence-corrected chi connectivity index (χ0v) is 8.06. The second-order valence-corrected chi connectivity index (χ2v) is 2.80. The number of rotatable bonds is 5. The average molecular weight is 217 g/mol. The van der Waals surface area contributed by atoms with Crippen LogP contribution in [0.4, 0.5) is 0 Å². The lowest BCUT2D eigenvalue weighted by atomic mass is 10.2. The molecule has 0 amide bonds. The Bertz CT molecular complexity index is 298. The number of hydrogen-bond donors (Lipinski definition) is 2. The summed E-state index contributed by atoms with van der Waals surface area (Å²) in [7, 11) is 0. The van der Waals surface area contributed by atoms with Crippen molar-refractivity contribution in [2.75, 3.05) is 0 Å². The third-order valence-corrected chi connectivity index (χ3v) is 1.45. The van der Waals surface area contributed by atoms with Gasteiger partial charge in [-0.1, -0.05) is 0 Å². The van der Waals surface area contributed by atoms with Gasteiger partial charge in [0.2, 0.25) is 5.78 Å². The molecule has 0 bridgehead atoms. The molecule has 0 aliphatic heterocycles. The van der Waals surface area contributed by atoms with Crippen LogP contribution in [0.1, 0.15) is 19.8 Å². The molecule has 0 spiro atoms. The fraction of sp³-hybridized carbons (Fsp3) is 0.500. The van der Waals surface area contributed by atoms with Crippen molar-refractivity contribution in [1.82, 2.24) is 0 Å². The molecular weight excluding hydrogens is 206 g/mol.